The zero-order valence-corrected chi connectivity index (χ0v) is 17.5. The first-order chi connectivity index (χ1) is 15.0. The Balaban J connectivity index is 1.81. The Morgan fingerprint density at radius 2 is 1.74 bits per heavy atom. The standard InChI is InChI=1S/C24H26O7/c1-28-18-10-8-17(9-11-18)20-14-21(24(27)30-15-16-6-4-3-5-7-16)31-23(26)19(20)12-13-22(25)29-2/h3-11,14,19-20,23,26H,12-13,15H2,1-2H3/t19-,20-,23+/m1/s1. The highest BCUT2D eigenvalue weighted by Gasteiger charge is 2.37. The van der Waals surface area contributed by atoms with Gasteiger partial charge in [0, 0.05) is 18.3 Å². The highest BCUT2D eigenvalue weighted by atomic mass is 16.6. The van der Waals surface area contributed by atoms with Gasteiger partial charge in [0.05, 0.1) is 14.2 Å². The Morgan fingerprint density at radius 3 is 2.39 bits per heavy atom. The molecule has 0 saturated carbocycles. The van der Waals surface area contributed by atoms with Crippen molar-refractivity contribution in [2.75, 3.05) is 14.2 Å². The van der Waals surface area contributed by atoms with E-state index in [-0.39, 0.29) is 30.7 Å². The fraction of sp³-hybridized carbons (Fsp3) is 0.333. The lowest BCUT2D eigenvalue weighted by atomic mass is 9.80. The lowest BCUT2D eigenvalue weighted by Gasteiger charge is -2.34. The molecule has 3 rings (SSSR count). The zero-order chi connectivity index (χ0) is 22.2. The molecule has 0 spiro atoms. The van der Waals surface area contributed by atoms with Crippen molar-refractivity contribution in [1.82, 2.24) is 0 Å². The van der Waals surface area contributed by atoms with Crippen LogP contribution in [0.3, 0.4) is 0 Å². The van der Waals surface area contributed by atoms with E-state index in [0.29, 0.717) is 12.2 Å². The maximum atomic E-state index is 12.6. The van der Waals surface area contributed by atoms with Crippen molar-refractivity contribution in [1.29, 1.82) is 0 Å². The first kappa shape index (κ1) is 22.4. The van der Waals surface area contributed by atoms with Gasteiger partial charge in [-0.1, -0.05) is 42.5 Å². The molecule has 1 aliphatic heterocycles. The van der Waals surface area contributed by atoms with Crippen LogP contribution in [0.25, 0.3) is 0 Å². The molecular weight excluding hydrogens is 400 g/mol. The molecule has 0 saturated heterocycles. The van der Waals surface area contributed by atoms with Gasteiger partial charge in [0.2, 0.25) is 12.0 Å². The lowest BCUT2D eigenvalue weighted by Crippen LogP contribution is -2.35. The average molecular weight is 426 g/mol. The predicted octanol–water partition coefficient (Wildman–Crippen LogP) is 3.32. The van der Waals surface area contributed by atoms with Crippen LogP contribution < -0.4 is 4.74 Å². The molecule has 0 radical (unpaired) electrons. The first-order valence-corrected chi connectivity index (χ1v) is 10.00. The van der Waals surface area contributed by atoms with Crippen LogP contribution in [0.15, 0.2) is 66.4 Å². The molecule has 0 fully saturated rings. The van der Waals surface area contributed by atoms with Gasteiger partial charge in [-0.3, -0.25) is 4.79 Å². The smallest absolute Gasteiger partial charge is 0.373 e. The summed E-state index contributed by atoms with van der Waals surface area (Å²) in [6.07, 6.45) is 0.814. The van der Waals surface area contributed by atoms with Gasteiger partial charge in [-0.2, -0.15) is 0 Å². The summed E-state index contributed by atoms with van der Waals surface area (Å²) < 4.78 is 20.7. The molecule has 0 unspecified atom stereocenters. The number of rotatable bonds is 8. The van der Waals surface area contributed by atoms with E-state index in [1.54, 1.807) is 25.3 Å². The normalized spacial score (nSPS) is 20.2. The van der Waals surface area contributed by atoms with E-state index in [1.165, 1.54) is 7.11 Å². The van der Waals surface area contributed by atoms with Crippen molar-refractivity contribution in [3.63, 3.8) is 0 Å². The molecule has 0 aliphatic carbocycles. The predicted molar refractivity (Wildman–Crippen MR) is 112 cm³/mol. The van der Waals surface area contributed by atoms with Gasteiger partial charge in [-0.05, 0) is 35.8 Å². The summed E-state index contributed by atoms with van der Waals surface area (Å²) in [5, 5.41) is 10.6. The molecule has 7 nitrogen and oxygen atoms in total. The van der Waals surface area contributed by atoms with E-state index in [9.17, 15) is 14.7 Å². The number of aliphatic hydroxyl groups excluding tert-OH is 1. The summed E-state index contributed by atoms with van der Waals surface area (Å²) in [4.78, 5) is 24.2. The van der Waals surface area contributed by atoms with Gasteiger partial charge in [0.15, 0.2) is 0 Å². The van der Waals surface area contributed by atoms with E-state index in [4.69, 9.17) is 18.9 Å². The quantitative estimate of drug-likeness (QED) is 0.648. The lowest BCUT2D eigenvalue weighted by molar-refractivity contribution is -0.162. The third kappa shape index (κ3) is 5.86. The number of methoxy groups -OCH3 is 2. The van der Waals surface area contributed by atoms with Gasteiger partial charge in [-0.15, -0.1) is 0 Å². The second-order valence-electron chi connectivity index (χ2n) is 7.18. The van der Waals surface area contributed by atoms with Crippen LogP contribution in [0.1, 0.15) is 29.9 Å². The molecule has 1 N–H and O–H groups in total. The van der Waals surface area contributed by atoms with E-state index in [1.807, 2.05) is 42.5 Å². The topological polar surface area (TPSA) is 91.3 Å². The van der Waals surface area contributed by atoms with Gasteiger partial charge < -0.3 is 24.1 Å². The summed E-state index contributed by atoms with van der Waals surface area (Å²) >= 11 is 0. The number of carbonyl (C=O) groups is 2. The molecule has 0 aromatic heterocycles. The molecule has 0 bridgehead atoms. The minimum Gasteiger partial charge on any atom is -0.497 e. The monoisotopic (exact) mass is 426 g/mol. The third-order valence-electron chi connectivity index (χ3n) is 5.23. The molecule has 0 amide bonds. The molecule has 164 valence electrons. The number of hydrogen-bond acceptors (Lipinski definition) is 7. The first-order valence-electron chi connectivity index (χ1n) is 10.00. The second-order valence-corrected chi connectivity index (χ2v) is 7.18. The zero-order valence-electron chi connectivity index (χ0n) is 17.5. The van der Waals surface area contributed by atoms with E-state index >= 15 is 0 Å². The van der Waals surface area contributed by atoms with Gasteiger partial charge in [0.25, 0.3) is 0 Å². The highest BCUT2D eigenvalue weighted by Crippen LogP contribution is 2.38. The summed E-state index contributed by atoms with van der Waals surface area (Å²) in [5.41, 5.74) is 1.70. The Labute approximate surface area is 181 Å². The molecule has 3 atom stereocenters. The molecule has 31 heavy (non-hydrogen) atoms. The second kappa shape index (κ2) is 10.6. The Morgan fingerprint density at radius 1 is 1.03 bits per heavy atom. The molecule has 2 aromatic rings. The van der Waals surface area contributed by atoms with Crippen molar-refractivity contribution in [2.24, 2.45) is 5.92 Å². The number of ether oxygens (including phenoxy) is 4. The maximum Gasteiger partial charge on any atom is 0.373 e. The Kier molecular flexibility index (Phi) is 7.67. The van der Waals surface area contributed by atoms with E-state index in [2.05, 4.69) is 0 Å². The third-order valence-corrected chi connectivity index (χ3v) is 5.23. The number of carbonyl (C=O) groups excluding carboxylic acids is 2. The molecule has 2 aromatic carbocycles. The maximum absolute atomic E-state index is 12.6. The van der Waals surface area contributed by atoms with Crippen LogP contribution in [0, 0.1) is 5.92 Å². The molecule has 7 heteroatoms. The summed E-state index contributed by atoms with van der Waals surface area (Å²) in [5.74, 6) is -1.21. The van der Waals surface area contributed by atoms with Crippen LogP contribution in [0.4, 0.5) is 0 Å². The number of esters is 2. The number of benzene rings is 2. The van der Waals surface area contributed by atoms with Crippen molar-refractivity contribution in [2.45, 2.75) is 31.7 Å². The molecule has 1 aliphatic rings. The highest BCUT2D eigenvalue weighted by molar-refractivity contribution is 5.86. The molecule has 1 heterocycles. The van der Waals surface area contributed by atoms with Crippen LogP contribution in [0.5, 0.6) is 5.75 Å². The fourth-order valence-electron chi connectivity index (χ4n) is 3.51. The number of hydrogen-bond donors (Lipinski definition) is 1. The van der Waals surface area contributed by atoms with Crippen molar-refractivity contribution < 1.29 is 33.6 Å². The SMILES string of the molecule is COC(=O)CC[C@@H]1[C@@H](c2ccc(OC)cc2)C=C(C(=O)OCc2ccccc2)O[C@@H]1O. The van der Waals surface area contributed by atoms with Crippen LogP contribution in [-0.2, 0) is 30.4 Å². The minimum absolute atomic E-state index is 0.0569. The van der Waals surface area contributed by atoms with E-state index in [0.717, 1.165) is 11.1 Å². The van der Waals surface area contributed by atoms with Crippen LogP contribution in [0.2, 0.25) is 0 Å². The van der Waals surface area contributed by atoms with Crippen molar-refractivity contribution in [3.8, 4) is 5.75 Å². The number of aliphatic hydroxyl groups is 1. The van der Waals surface area contributed by atoms with E-state index < -0.39 is 18.2 Å². The summed E-state index contributed by atoms with van der Waals surface area (Å²) in [6.45, 7) is 0.0927. The Hall–Kier alpha value is -3.32. The molecular formula is C24H26O7. The van der Waals surface area contributed by atoms with Crippen LogP contribution in [-0.4, -0.2) is 37.6 Å². The van der Waals surface area contributed by atoms with Gasteiger partial charge in [-0.25, -0.2) is 4.79 Å². The largest absolute Gasteiger partial charge is 0.497 e. The number of allylic oxidation sites excluding steroid dienone is 1. The fourth-order valence-corrected chi connectivity index (χ4v) is 3.51. The average Bonchev–Trinajstić information content (AvgIpc) is 2.81. The van der Waals surface area contributed by atoms with Crippen molar-refractivity contribution in [3.05, 3.63) is 77.6 Å². The van der Waals surface area contributed by atoms with Gasteiger partial charge >= 0.3 is 11.9 Å². The van der Waals surface area contributed by atoms with Gasteiger partial charge in [0.1, 0.15) is 12.4 Å². The van der Waals surface area contributed by atoms with Crippen LogP contribution >= 0.6 is 0 Å². The summed E-state index contributed by atoms with van der Waals surface area (Å²) in [7, 11) is 2.89. The Bertz CT molecular complexity index is 905. The summed E-state index contributed by atoms with van der Waals surface area (Å²) in [6, 6.07) is 16.6. The van der Waals surface area contributed by atoms with Crippen molar-refractivity contribution >= 4 is 11.9 Å². The minimum atomic E-state index is -1.28.